The molecule has 2 aromatic rings. The van der Waals surface area contributed by atoms with Gasteiger partial charge in [-0.15, -0.1) is 0 Å². The number of ether oxygens (including phenoxy) is 2. The zero-order chi connectivity index (χ0) is 21.9. The molecule has 0 aromatic heterocycles. The highest BCUT2D eigenvalue weighted by Gasteiger charge is 2.11. The second-order valence-electron chi connectivity index (χ2n) is 5.99. The maximum Gasteiger partial charge on any atom is 0.292 e. The van der Waals surface area contributed by atoms with E-state index in [0.29, 0.717) is 29.3 Å². The van der Waals surface area contributed by atoms with Gasteiger partial charge >= 0.3 is 0 Å². The van der Waals surface area contributed by atoms with E-state index in [1.165, 1.54) is 19.3 Å². The van der Waals surface area contributed by atoms with E-state index in [4.69, 9.17) is 15.2 Å². The molecule has 2 aromatic carbocycles. The number of nitro groups is 1. The Morgan fingerprint density at radius 1 is 1.17 bits per heavy atom. The monoisotopic (exact) mass is 414 g/mol. The van der Waals surface area contributed by atoms with Crippen molar-refractivity contribution >= 4 is 29.3 Å². The molecule has 0 saturated heterocycles. The molecule has 10 nitrogen and oxygen atoms in total. The van der Waals surface area contributed by atoms with Crippen molar-refractivity contribution in [3.05, 3.63) is 64.2 Å². The second-order valence-corrected chi connectivity index (χ2v) is 5.99. The Labute approximate surface area is 172 Å². The Morgan fingerprint density at radius 2 is 1.93 bits per heavy atom. The highest BCUT2D eigenvalue weighted by atomic mass is 16.6. The van der Waals surface area contributed by atoms with Crippen LogP contribution in [0, 0.1) is 10.1 Å². The third kappa shape index (κ3) is 6.82. The molecule has 0 fully saturated rings. The number of amides is 2. The number of hydrogen-bond donors (Lipinski definition) is 3. The van der Waals surface area contributed by atoms with Gasteiger partial charge in [0.2, 0.25) is 5.91 Å². The molecular weight excluding hydrogens is 392 g/mol. The average molecular weight is 414 g/mol. The number of methoxy groups -OCH3 is 1. The fourth-order valence-corrected chi connectivity index (χ4v) is 2.45. The van der Waals surface area contributed by atoms with Crippen LogP contribution in [0.4, 0.5) is 11.4 Å². The van der Waals surface area contributed by atoms with Crippen molar-refractivity contribution < 1.29 is 24.0 Å². The van der Waals surface area contributed by atoms with Crippen LogP contribution in [0.1, 0.15) is 5.56 Å². The maximum atomic E-state index is 12.0. The maximum absolute atomic E-state index is 12.0. The van der Waals surface area contributed by atoms with Crippen LogP contribution in [0.2, 0.25) is 0 Å². The Hall–Kier alpha value is -4.08. The Morgan fingerprint density at radius 3 is 2.63 bits per heavy atom. The van der Waals surface area contributed by atoms with E-state index in [0.717, 1.165) is 0 Å². The Kier molecular flexibility index (Phi) is 8.18. The van der Waals surface area contributed by atoms with Crippen LogP contribution in [-0.4, -0.2) is 43.5 Å². The van der Waals surface area contributed by atoms with Gasteiger partial charge in [0.05, 0.1) is 12.0 Å². The molecule has 10 heteroatoms. The minimum absolute atomic E-state index is 0.0269. The number of benzene rings is 2. The molecule has 0 bridgehead atoms. The van der Waals surface area contributed by atoms with E-state index in [1.807, 2.05) is 0 Å². The predicted molar refractivity (Wildman–Crippen MR) is 111 cm³/mol. The summed E-state index contributed by atoms with van der Waals surface area (Å²) in [5.41, 5.74) is 6.10. The number of nitro benzene ring substituents is 1. The first kappa shape index (κ1) is 22.2. The Bertz CT molecular complexity index is 945. The molecule has 0 aliphatic heterocycles. The van der Waals surface area contributed by atoms with Crippen LogP contribution < -0.4 is 25.8 Å². The van der Waals surface area contributed by atoms with Crippen LogP contribution in [0.15, 0.2) is 48.5 Å². The summed E-state index contributed by atoms with van der Waals surface area (Å²) in [4.78, 5) is 33.3. The van der Waals surface area contributed by atoms with Crippen LogP contribution >= 0.6 is 0 Å². The van der Waals surface area contributed by atoms with E-state index in [1.54, 1.807) is 42.5 Å². The largest absolute Gasteiger partial charge is 0.493 e. The van der Waals surface area contributed by atoms with E-state index in [-0.39, 0.29) is 24.7 Å². The Balaban J connectivity index is 1.85. The van der Waals surface area contributed by atoms with Crippen LogP contribution in [-0.2, 0) is 9.59 Å². The highest BCUT2D eigenvalue weighted by molar-refractivity contribution is 5.91. The van der Waals surface area contributed by atoms with Gasteiger partial charge in [-0.05, 0) is 29.8 Å². The number of carbonyl (C=O) groups is 2. The smallest absolute Gasteiger partial charge is 0.292 e. The van der Waals surface area contributed by atoms with E-state index >= 15 is 0 Å². The fraction of sp³-hybridized carbons (Fsp3) is 0.200. The lowest BCUT2D eigenvalue weighted by atomic mass is 10.2. The number of nitrogens with zero attached hydrogens (tertiary/aromatic N) is 1. The van der Waals surface area contributed by atoms with Gasteiger partial charge in [0.1, 0.15) is 5.69 Å². The van der Waals surface area contributed by atoms with Gasteiger partial charge in [0, 0.05) is 25.2 Å². The first-order chi connectivity index (χ1) is 14.4. The molecule has 0 aliphatic carbocycles. The molecule has 2 rings (SSSR count). The average Bonchev–Trinajstić information content (AvgIpc) is 2.74. The van der Waals surface area contributed by atoms with Gasteiger partial charge in [-0.1, -0.05) is 18.2 Å². The minimum Gasteiger partial charge on any atom is -0.493 e. The minimum atomic E-state index is -0.603. The van der Waals surface area contributed by atoms with Crippen molar-refractivity contribution in [2.24, 2.45) is 5.73 Å². The molecule has 0 atom stereocenters. The number of anilines is 1. The van der Waals surface area contributed by atoms with E-state index < -0.39 is 10.8 Å². The van der Waals surface area contributed by atoms with Crippen molar-refractivity contribution in [1.29, 1.82) is 0 Å². The number of hydrogen-bond acceptors (Lipinski definition) is 7. The molecule has 158 valence electrons. The quantitative estimate of drug-likeness (QED) is 0.220. The number of para-hydroxylation sites is 2. The van der Waals surface area contributed by atoms with Crippen molar-refractivity contribution in [1.82, 2.24) is 5.32 Å². The van der Waals surface area contributed by atoms with Crippen molar-refractivity contribution in [3.8, 4) is 11.5 Å². The highest BCUT2D eigenvalue weighted by Crippen LogP contribution is 2.28. The van der Waals surface area contributed by atoms with Crippen molar-refractivity contribution in [2.75, 3.05) is 32.1 Å². The summed E-state index contributed by atoms with van der Waals surface area (Å²) in [6, 6.07) is 11.2. The molecular formula is C20H22N4O6. The normalized spacial score (nSPS) is 10.4. The van der Waals surface area contributed by atoms with E-state index in [9.17, 15) is 19.7 Å². The van der Waals surface area contributed by atoms with Crippen LogP contribution in [0.25, 0.3) is 6.08 Å². The van der Waals surface area contributed by atoms with Crippen molar-refractivity contribution in [3.63, 3.8) is 0 Å². The van der Waals surface area contributed by atoms with Crippen molar-refractivity contribution in [2.45, 2.75) is 0 Å². The van der Waals surface area contributed by atoms with Gasteiger partial charge in [-0.3, -0.25) is 19.7 Å². The molecule has 2 amide bonds. The number of nitrogens with two attached hydrogens (primary N) is 1. The molecule has 0 heterocycles. The summed E-state index contributed by atoms with van der Waals surface area (Å²) in [6.07, 6.45) is 2.94. The number of primary amides is 1. The number of nitrogens with one attached hydrogen (secondary N) is 2. The summed E-state index contributed by atoms with van der Waals surface area (Å²) in [5.74, 6) is -0.173. The molecule has 0 unspecified atom stereocenters. The summed E-state index contributed by atoms with van der Waals surface area (Å²) in [6.45, 7) is 0.330. The first-order valence-corrected chi connectivity index (χ1v) is 8.93. The van der Waals surface area contributed by atoms with Crippen LogP contribution in [0.3, 0.4) is 0 Å². The molecule has 0 saturated carbocycles. The first-order valence-electron chi connectivity index (χ1n) is 8.93. The van der Waals surface area contributed by atoms with Gasteiger partial charge < -0.3 is 25.8 Å². The number of rotatable bonds is 11. The standard InChI is InChI=1S/C20H22N4O6/c1-29-18-12-14(6-8-17(18)30-13-19(21)25)7-9-20(26)23-11-10-22-15-4-2-3-5-16(15)24(27)28/h2-9,12,22H,10-11,13H2,1H3,(H2,21,25)(H,23,26)/b9-7+. The van der Waals surface area contributed by atoms with Gasteiger partial charge in [0.25, 0.3) is 11.6 Å². The third-order valence-electron chi connectivity index (χ3n) is 3.83. The molecule has 4 N–H and O–H groups in total. The van der Waals surface area contributed by atoms with E-state index in [2.05, 4.69) is 10.6 Å². The third-order valence-corrected chi connectivity index (χ3v) is 3.83. The molecule has 30 heavy (non-hydrogen) atoms. The molecule has 0 spiro atoms. The molecule has 0 aliphatic rings. The topological polar surface area (TPSA) is 146 Å². The fourth-order valence-electron chi connectivity index (χ4n) is 2.45. The molecule has 0 radical (unpaired) electrons. The number of carbonyl (C=O) groups excluding carboxylic acids is 2. The van der Waals surface area contributed by atoms with Gasteiger partial charge in [0.15, 0.2) is 18.1 Å². The van der Waals surface area contributed by atoms with Crippen LogP contribution in [0.5, 0.6) is 11.5 Å². The zero-order valence-corrected chi connectivity index (χ0v) is 16.3. The summed E-state index contributed by atoms with van der Waals surface area (Å²) < 4.78 is 10.4. The summed E-state index contributed by atoms with van der Waals surface area (Å²) in [7, 11) is 1.46. The lowest BCUT2D eigenvalue weighted by Gasteiger charge is -2.10. The second kappa shape index (κ2) is 11.1. The van der Waals surface area contributed by atoms with Gasteiger partial charge in [-0.25, -0.2) is 0 Å². The zero-order valence-electron chi connectivity index (χ0n) is 16.3. The van der Waals surface area contributed by atoms with Gasteiger partial charge in [-0.2, -0.15) is 0 Å². The lowest BCUT2D eigenvalue weighted by Crippen LogP contribution is -2.27. The summed E-state index contributed by atoms with van der Waals surface area (Å²) in [5, 5.41) is 16.6. The lowest BCUT2D eigenvalue weighted by molar-refractivity contribution is -0.384. The SMILES string of the molecule is COc1cc(/C=C/C(=O)NCCNc2ccccc2[N+](=O)[O-])ccc1OCC(N)=O. The summed E-state index contributed by atoms with van der Waals surface area (Å²) >= 11 is 0. The predicted octanol–water partition coefficient (Wildman–Crippen LogP) is 1.71.